The lowest BCUT2D eigenvalue weighted by Gasteiger charge is -2.38. The van der Waals surface area contributed by atoms with Crippen LogP contribution in [0.1, 0.15) is 117 Å². The van der Waals surface area contributed by atoms with Crippen molar-refractivity contribution in [2.75, 3.05) is 13.2 Å². The summed E-state index contributed by atoms with van der Waals surface area (Å²) in [4.78, 5) is 37.3. The molecule has 0 saturated carbocycles. The molecule has 0 spiro atoms. The molecule has 1 aliphatic heterocycles. The molecule has 0 bridgehead atoms. The summed E-state index contributed by atoms with van der Waals surface area (Å²) in [6.07, 6.45) is 12.3. The van der Waals surface area contributed by atoms with Gasteiger partial charge in [0.2, 0.25) is 5.91 Å². The number of likely N-dealkylation sites (tertiary alicyclic amines) is 1. The summed E-state index contributed by atoms with van der Waals surface area (Å²) in [6.45, 7) is 6.68. The molecule has 0 radical (unpaired) electrons. The van der Waals surface area contributed by atoms with Crippen LogP contribution >= 0.6 is 0 Å². The van der Waals surface area contributed by atoms with Crippen LogP contribution < -0.4 is 11.2 Å². The number of aliphatic hydroxyl groups is 1. The second kappa shape index (κ2) is 17.3. The standard InChI is InChI=1S/C26H48N4O5/c1-4-6-7-10-13-18-26(3,34)19-20-30-22(14-11-8-9-12-15-24(32)35-5-2)21(16-17-23(30)31)28-29-25(27)33/h22,34H,4-20H2,1-3H3,(H3,27,29,33). The molecular formula is C26H48N4O5. The van der Waals surface area contributed by atoms with E-state index < -0.39 is 11.6 Å². The van der Waals surface area contributed by atoms with Crippen LogP contribution in [-0.2, 0) is 14.3 Å². The number of nitrogens with two attached hydrogens (primary N) is 1. The Balaban J connectivity index is 2.68. The summed E-state index contributed by atoms with van der Waals surface area (Å²) in [5, 5.41) is 15.1. The number of urea groups is 1. The first-order valence-electron chi connectivity index (χ1n) is 13.5. The van der Waals surface area contributed by atoms with Gasteiger partial charge in [-0.25, -0.2) is 10.2 Å². The highest BCUT2D eigenvalue weighted by molar-refractivity contribution is 5.99. The fourth-order valence-electron chi connectivity index (χ4n) is 4.55. The molecule has 2 atom stereocenters. The van der Waals surface area contributed by atoms with Crippen molar-refractivity contribution in [2.45, 2.75) is 129 Å². The number of nitrogens with one attached hydrogen (secondary N) is 1. The van der Waals surface area contributed by atoms with E-state index in [4.69, 9.17) is 10.5 Å². The Hall–Kier alpha value is -2.16. The van der Waals surface area contributed by atoms with Gasteiger partial charge in [-0.1, -0.05) is 58.3 Å². The monoisotopic (exact) mass is 496 g/mol. The molecule has 202 valence electrons. The number of carbonyl (C=O) groups excluding carboxylic acids is 3. The molecule has 9 nitrogen and oxygen atoms in total. The van der Waals surface area contributed by atoms with Crippen molar-refractivity contribution in [3.63, 3.8) is 0 Å². The molecule has 0 aromatic carbocycles. The fourth-order valence-corrected chi connectivity index (χ4v) is 4.55. The molecular weight excluding hydrogens is 448 g/mol. The van der Waals surface area contributed by atoms with Gasteiger partial charge >= 0.3 is 12.0 Å². The van der Waals surface area contributed by atoms with Crippen molar-refractivity contribution in [3.05, 3.63) is 0 Å². The van der Waals surface area contributed by atoms with Gasteiger partial charge < -0.3 is 20.5 Å². The van der Waals surface area contributed by atoms with E-state index in [0.29, 0.717) is 51.7 Å². The summed E-state index contributed by atoms with van der Waals surface area (Å²) < 4.78 is 4.96. The summed E-state index contributed by atoms with van der Waals surface area (Å²) in [5.74, 6) is -0.116. The third-order valence-electron chi connectivity index (χ3n) is 6.61. The first-order chi connectivity index (χ1) is 16.7. The van der Waals surface area contributed by atoms with Gasteiger partial charge in [0.1, 0.15) is 0 Å². The highest BCUT2D eigenvalue weighted by Gasteiger charge is 2.34. The summed E-state index contributed by atoms with van der Waals surface area (Å²) in [5.41, 5.74) is 7.44. The lowest BCUT2D eigenvalue weighted by molar-refractivity contribution is -0.143. The smallest absolute Gasteiger partial charge is 0.332 e. The second-order valence-electron chi connectivity index (χ2n) is 9.85. The molecule has 1 heterocycles. The van der Waals surface area contributed by atoms with E-state index in [0.717, 1.165) is 44.2 Å². The summed E-state index contributed by atoms with van der Waals surface area (Å²) in [6, 6.07) is -0.960. The molecule has 3 amide bonds. The van der Waals surface area contributed by atoms with Gasteiger partial charge in [-0.3, -0.25) is 9.59 Å². The van der Waals surface area contributed by atoms with Crippen LogP contribution in [0.4, 0.5) is 4.79 Å². The predicted octanol–water partition coefficient (Wildman–Crippen LogP) is 4.41. The van der Waals surface area contributed by atoms with Gasteiger partial charge in [0.25, 0.3) is 0 Å². The van der Waals surface area contributed by atoms with Gasteiger partial charge in [0, 0.05) is 19.4 Å². The van der Waals surface area contributed by atoms with Gasteiger partial charge in [-0.2, -0.15) is 5.10 Å². The van der Waals surface area contributed by atoms with E-state index in [-0.39, 0.29) is 17.9 Å². The second-order valence-corrected chi connectivity index (χ2v) is 9.85. The molecule has 0 aromatic rings. The average Bonchev–Trinajstić information content (AvgIpc) is 2.80. The number of hydrazone groups is 1. The number of ether oxygens (including phenoxy) is 1. The maximum Gasteiger partial charge on any atom is 0.332 e. The number of carbonyl (C=O) groups is 3. The number of piperidine rings is 1. The van der Waals surface area contributed by atoms with Crippen molar-refractivity contribution < 1.29 is 24.2 Å². The first kappa shape index (κ1) is 30.9. The van der Waals surface area contributed by atoms with Crippen molar-refractivity contribution in [2.24, 2.45) is 10.8 Å². The number of nitrogens with zero attached hydrogens (tertiary/aromatic N) is 2. The quantitative estimate of drug-likeness (QED) is 0.147. The summed E-state index contributed by atoms with van der Waals surface area (Å²) in [7, 11) is 0. The maximum absolute atomic E-state index is 12.8. The van der Waals surface area contributed by atoms with Crippen LogP contribution in [0.3, 0.4) is 0 Å². The third-order valence-corrected chi connectivity index (χ3v) is 6.61. The van der Waals surface area contributed by atoms with Gasteiger partial charge in [-0.05, 0) is 46.0 Å². The number of primary amides is 1. The Morgan fingerprint density at radius 2 is 1.77 bits per heavy atom. The number of unbranched alkanes of at least 4 members (excludes halogenated alkanes) is 7. The van der Waals surface area contributed by atoms with Gasteiger partial charge in [0.15, 0.2) is 0 Å². The molecule has 35 heavy (non-hydrogen) atoms. The third kappa shape index (κ3) is 13.5. The number of hydrogen-bond donors (Lipinski definition) is 3. The Bertz CT molecular complexity index is 681. The zero-order valence-corrected chi connectivity index (χ0v) is 22.2. The number of amides is 3. The lowest BCUT2D eigenvalue weighted by Crippen LogP contribution is -2.51. The molecule has 1 fully saturated rings. The molecule has 0 aliphatic carbocycles. The average molecular weight is 497 g/mol. The van der Waals surface area contributed by atoms with Crippen molar-refractivity contribution >= 4 is 23.6 Å². The van der Waals surface area contributed by atoms with Crippen LogP contribution in [0.2, 0.25) is 0 Å². The van der Waals surface area contributed by atoms with E-state index in [1.807, 2.05) is 11.8 Å². The minimum atomic E-state index is -0.829. The molecule has 0 aromatic heterocycles. The van der Waals surface area contributed by atoms with Gasteiger partial charge in [0.05, 0.1) is 24.0 Å². The largest absolute Gasteiger partial charge is 0.466 e. The number of rotatable bonds is 18. The summed E-state index contributed by atoms with van der Waals surface area (Å²) >= 11 is 0. The van der Waals surface area contributed by atoms with Crippen LogP contribution in [0.15, 0.2) is 5.10 Å². The van der Waals surface area contributed by atoms with E-state index in [1.165, 1.54) is 19.3 Å². The van der Waals surface area contributed by atoms with Crippen molar-refractivity contribution in [3.8, 4) is 0 Å². The zero-order chi connectivity index (χ0) is 26.1. The van der Waals surface area contributed by atoms with E-state index in [1.54, 1.807) is 6.92 Å². The van der Waals surface area contributed by atoms with E-state index in [2.05, 4.69) is 17.5 Å². The molecule has 1 aliphatic rings. The minimum Gasteiger partial charge on any atom is -0.466 e. The van der Waals surface area contributed by atoms with E-state index >= 15 is 0 Å². The number of hydrogen-bond acceptors (Lipinski definition) is 6. The molecule has 4 N–H and O–H groups in total. The molecule has 2 unspecified atom stereocenters. The van der Waals surface area contributed by atoms with Crippen LogP contribution in [0.5, 0.6) is 0 Å². The molecule has 1 rings (SSSR count). The van der Waals surface area contributed by atoms with Crippen LogP contribution in [-0.4, -0.2) is 58.4 Å². The molecule has 9 heteroatoms. The Kier molecular flexibility index (Phi) is 15.3. The maximum atomic E-state index is 12.8. The van der Waals surface area contributed by atoms with Crippen LogP contribution in [0.25, 0.3) is 0 Å². The predicted molar refractivity (Wildman–Crippen MR) is 138 cm³/mol. The van der Waals surface area contributed by atoms with E-state index in [9.17, 15) is 19.5 Å². The highest BCUT2D eigenvalue weighted by Crippen LogP contribution is 2.25. The zero-order valence-electron chi connectivity index (χ0n) is 22.2. The Morgan fingerprint density at radius 3 is 2.46 bits per heavy atom. The number of esters is 1. The Morgan fingerprint density at radius 1 is 1.09 bits per heavy atom. The first-order valence-corrected chi connectivity index (χ1v) is 13.5. The minimum absolute atomic E-state index is 0.0501. The lowest BCUT2D eigenvalue weighted by atomic mass is 9.90. The highest BCUT2D eigenvalue weighted by atomic mass is 16.5. The SMILES string of the molecule is CCCCCCCC(C)(O)CCN1C(=O)CCC(=NNC(N)=O)C1CCCCCCC(=O)OCC. The van der Waals surface area contributed by atoms with Crippen LogP contribution in [0, 0.1) is 0 Å². The van der Waals surface area contributed by atoms with Crippen molar-refractivity contribution in [1.29, 1.82) is 0 Å². The van der Waals surface area contributed by atoms with Gasteiger partial charge in [-0.15, -0.1) is 0 Å². The fraction of sp³-hybridized carbons (Fsp3) is 0.846. The topological polar surface area (TPSA) is 134 Å². The normalized spacial score (nSPS) is 19.0. The van der Waals surface area contributed by atoms with Crippen molar-refractivity contribution in [1.82, 2.24) is 10.3 Å². The Labute approximate surface area is 211 Å². The molecule has 1 saturated heterocycles.